The van der Waals surface area contributed by atoms with E-state index in [0.717, 1.165) is 54.8 Å². The van der Waals surface area contributed by atoms with Crippen LogP contribution in [0.25, 0.3) is 11.0 Å². The van der Waals surface area contributed by atoms with Gasteiger partial charge in [0.15, 0.2) is 0 Å². The number of H-pyrrole nitrogens is 1. The molecule has 2 aliphatic rings. The fourth-order valence-corrected chi connectivity index (χ4v) is 4.35. The minimum Gasteiger partial charge on any atom is -0.342 e. The number of para-hydroxylation sites is 2. The average molecular weight is 363 g/mol. The number of fused-ring (bicyclic) bond motifs is 1. The number of hydrogen-bond acceptors (Lipinski definition) is 2. The summed E-state index contributed by atoms with van der Waals surface area (Å²) in [7, 11) is 0. The summed E-state index contributed by atoms with van der Waals surface area (Å²) >= 11 is 0. The molecule has 0 unspecified atom stereocenters. The molecule has 1 N–H and O–H groups in total. The van der Waals surface area contributed by atoms with Crippen LogP contribution in [0.1, 0.15) is 42.5 Å². The number of imidazole rings is 1. The minimum absolute atomic E-state index is 0.0462. The Morgan fingerprint density at radius 2 is 1.96 bits per heavy atom. The van der Waals surface area contributed by atoms with Gasteiger partial charge in [-0.25, -0.2) is 9.37 Å². The molecule has 1 aliphatic heterocycles. The molecule has 5 heteroatoms. The van der Waals surface area contributed by atoms with Crippen LogP contribution in [0.15, 0.2) is 48.5 Å². The molecule has 1 saturated carbocycles. The van der Waals surface area contributed by atoms with Crippen LogP contribution < -0.4 is 0 Å². The normalized spacial score (nSPS) is 24.9. The summed E-state index contributed by atoms with van der Waals surface area (Å²) in [6, 6.07) is 14.6. The zero-order valence-electron chi connectivity index (χ0n) is 15.1. The maximum atomic E-state index is 13.1. The van der Waals surface area contributed by atoms with Crippen molar-refractivity contribution in [3.05, 3.63) is 65.7 Å². The third-order valence-electron chi connectivity index (χ3n) is 5.93. The van der Waals surface area contributed by atoms with E-state index in [1.807, 2.05) is 29.2 Å². The van der Waals surface area contributed by atoms with Crippen LogP contribution in [0, 0.1) is 11.7 Å². The number of amides is 1. The number of piperidine rings is 1. The number of likely N-dealkylation sites (tertiary alicyclic amines) is 1. The molecule has 3 aromatic rings. The zero-order valence-corrected chi connectivity index (χ0v) is 15.1. The first-order valence-corrected chi connectivity index (χ1v) is 9.68. The topological polar surface area (TPSA) is 49.0 Å². The SMILES string of the molecule is O=C([C@@H]1C[C@@H]1c1ccc(F)cc1)N1CCC[C@H](c2nc3ccccc3[nH]2)C1. The first-order chi connectivity index (χ1) is 13.2. The van der Waals surface area contributed by atoms with Crippen LogP contribution in [-0.4, -0.2) is 33.9 Å². The van der Waals surface area contributed by atoms with Crippen molar-refractivity contribution in [2.45, 2.75) is 31.1 Å². The molecule has 138 valence electrons. The van der Waals surface area contributed by atoms with Crippen LogP contribution >= 0.6 is 0 Å². The highest BCUT2D eigenvalue weighted by molar-refractivity contribution is 5.83. The predicted octanol–water partition coefficient (Wildman–Crippen LogP) is 4.21. The Labute approximate surface area is 157 Å². The lowest BCUT2D eigenvalue weighted by Gasteiger charge is -2.32. The van der Waals surface area contributed by atoms with Crippen molar-refractivity contribution in [1.29, 1.82) is 0 Å². The van der Waals surface area contributed by atoms with Gasteiger partial charge in [-0.05, 0) is 55.0 Å². The van der Waals surface area contributed by atoms with E-state index in [1.165, 1.54) is 12.1 Å². The lowest BCUT2D eigenvalue weighted by Crippen LogP contribution is -2.40. The Bertz CT molecular complexity index is 948. The van der Waals surface area contributed by atoms with E-state index < -0.39 is 0 Å². The lowest BCUT2D eigenvalue weighted by atomic mass is 9.96. The van der Waals surface area contributed by atoms with Gasteiger partial charge in [0.05, 0.1) is 11.0 Å². The number of nitrogens with one attached hydrogen (secondary N) is 1. The molecule has 1 saturated heterocycles. The van der Waals surface area contributed by atoms with E-state index >= 15 is 0 Å². The van der Waals surface area contributed by atoms with E-state index in [9.17, 15) is 9.18 Å². The van der Waals surface area contributed by atoms with Crippen molar-refractivity contribution in [2.75, 3.05) is 13.1 Å². The van der Waals surface area contributed by atoms with Gasteiger partial charge < -0.3 is 9.88 Å². The number of hydrogen-bond donors (Lipinski definition) is 1. The molecule has 0 spiro atoms. The molecule has 4 nitrogen and oxygen atoms in total. The first kappa shape index (κ1) is 16.5. The summed E-state index contributed by atoms with van der Waals surface area (Å²) in [6.45, 7) is 1.55. The number of carbonyl (C=O) groups excluding carboxylic acids is 1. The van der Waals surface area contributed by atoms with Crippen molar-refractivity contribution < 1.29 is 9.18 Å². The van der Waals surface area contributed by atoms with Crippen LogP contribution in [0.2, 0.25) is 0 Å². The van der Waals surface area contributed by atoms with Crippen LogP contribution in [-0.2, 0) is 4.79 Å². The molecular weight excluding hydrogens is 341 g/mol. The Hall–Kier alpha value is -2.69. The number of nitrogens with zero attached hydrogens (tertiary/aromatic N) is 2. The van der Waals surface area contributed by atoms with E-state index in [-0.39, 0.29) is 29.5 Å². The number of aromatic nitrogens is 2. The summed E-state index contributed by atoms with van der Waals surface area (Å²) in [5, 5.41) is 0. The van der Waals surface area contributed by atoms with Crippen LogP contribution in [0.5, 0.6) is 0 Å². The molecule has 1 aromatic heterocycles. The summed E-state index contributed by atoms with van der Waals surface area (Å²) in [4.78, 5) is 23.1. The Kier molecular flexibility index (Phi) is 3.96. The number of aromatic amines is 1. The van der Waals surface area contributed by atoms with Crippen molar-refractivity contribution >= 4 is 16.9 Å². The molecule has 5 rings (SSSR count). The molecule has 1 amide bonds. The highest BCUT2D eigenvalue weighted by atomic mass is 19.1. The summed E-state index contributed by atoms with van der Waals surface area (Å²) < 4.78 is 13.1. The summed E-state index contributed by atoms with van der Waals surface area (Å²) in [5.41, 5.74) is 3.10. The maximum Gasteiger partial charge on any atom is 0.226 e. The van der Waals surface area contributed by atoms with Crippen LogP contribution in [0.3, 0.4) is 0 Å². The van der Waals surface area contributed by atoms with E-state index in [4.69, 9.17) is 4.98 Å². The number of rotatable bonds is 3. The molecule has 1 aliphatic carbocycles. The van der Waals surface area contributed by atoms with Gasteiger partial charge >= 0.3 is 0 Å². The second-order valence-corrected chi connectivity index (χ2v) is 7.76. The van der Waals surface area contributed by atoms with E-state index in [2.05, 4.69) is 4.98 Å². The molecule has 2 aromatic carbocycles. The second kappa shape index (κ2) is 6.48. The third kappa shape index (κ3) is 3.11. The van der Waals surface area contributed by atoms with E-state index in [0.29, 0.717) is 0 Å². The van der Waals surface area contributed by atoms with Gasteiger partial charge in [-0.3, -0.25) is 4.79 Å². The highest BCUT2D eigenvalue weighted by Gasteiger charge is 2.46. The second-order valence-electron chi connectivity index (χ2n) is 7.76. The van der Waals surface area contributed by atoms with Crippen molar-refractivity contribution in [3.63, 3.8) is 0 Å². The maximum absolute atomic E-state index is 13.1. The van der Waals surface area contributed by atoms with Gasteiger partial charge in [0.1, 0.15) is 11.6 Å². The Morgan fingerprint density at radius 1 is 1.15 bits per heavy atom. The molecule has 27 heavy (non-hydrogen) atoms. The van der Waals surface area contributed by atoms with Crippen molar-refractivity contribution in [1.82, 2.24) is 14.9 Å². The fourth-order valence-electron chi connectivity index (χ4n) is 4.35. The van der Waals surface area contributed by atoms with Gasteiger partial charge in [0, 0.05) is 24.9 Å². The Morgan fingerprint density at radius 3 is 2.78 bits per heavy atom. The third-order valence-corrected chi connectivity index (χ3v) is 5.93. The highest BCUT2D eigenvalue weighted by Crippen LogP contribution is 2.49. The zero-order chi connectivity index (χ0) is 18.4. The summed E-state index contributed by atoms with van der Waals surface area (Å²) in [6.07, 6.45) is 2.92. The Balaban J connectivity index is 1.28. The van der Waals surface area contributed by atoms with Crippen molar-refractivity contribution in [3.8, 4) is 0 Å². The van der Waals surface area contributed by atoms with Crippen molar-refractivity contribution in [2.24, 2.45) is 5.92 Å². The molecule has 2 fully saturated rings. The minimum atomic E-state index is -0.230. The largest absolute Gasteiger partial charge is 0.342 e. The summed E-state index contributed by atoms with van der Waals surface area (Å²) in [5.74, 6) is 1.55. The smallest absolute Gasteiger partial charge is 0.226 e. The number of carbonyl (C=O) groups is 1. The fraction of sp³-hybridized carbons (Fsp3) is 0.364. The van der Waals surface area contributed by atoms with E-state index in [1.54, 1.807) is 12.1 Å². The predicted molar refractivity (Wildman–Crippen MR) is 102 cm³/mol. The van der Waals surface area contributed by atoms with Gasteiger partial charge in [-0.2, -0.15) is 0 Å². The lowest BCUT2D eigenvalue weighted by molar-refractivity contribution is -0.133. The molecule has 2 heterocycles. The molecular formula is C22H22FN3O. The number of benzene rings is 2. The molecule has 0 radical (unpaired) electrons. The van der Waals surface area contributed by atoms with Gasteiger partial charge in [0.2, 0.25) is 5.91 Å². The van der Waals surface area contributed by atoms with Gasteiger partial charge in [0.25, 0.3) is 0 Å². The monoisotopic (exact) mass is 363 g/mol. The van der Waals surface area contributed by atoms with Gasteiger partial charge in [-0.1, -0.05) is 24.3 Å². The first-order valence-electron chi connectivity index (χ1n) is 9.68. The standard InChI is InChI=1S/C22H22FN3O/c23-16-9-7-14(8-10-16)17-12-18(17)22(27)26-11-3-4-15(13-26)21-24-19-5-1-2-6-20(19)25-21/h1-2,5-10,15,17-18H,3-4,11-13H2,(H,24,25)/t15-,17+,18+/m0/s1. The van der Waals surface area contributed by atoms with Gasteiger partial charge in [-0.15, -0.1) is 0 Å². The van der Waals surface area contributed by atoms with Crippen LogP contribution in [0.4, 0.5) is 4.39 Å². The molecule has 0 bridgehead atoms. The number of halogens is 1. The molecule has 3 atom stereocenters. The average Bonchev–Trinajstić information content (AvgIpc) is 3.38. The quantitative estimate of drug-likeness (QED) is 0.758.